The largest absolute Gasteiger partial charge is 0.504 e. The van der Waals surface area contributed by atoms with Gasteiger partial charge in [-0.2, -0.15) is 0 Å². The second kappa shape index (κ2) is 6.56. The molecule has 0 fully saturated rings. The average Bonchev–Trinajstić information content (AvgIpc) is 2.50. The molecular formula is C19H22O3. The summed E-state index contributed by atoms with van der Waals surface area (Å²) in [6, 6.07) is 9.56. The van der Waals surface area contributed by atoms with Gasteiger partial charge in [0.1, 0.15) is 5.75 Å². The van der Waals surface area contributed by atoms with Gasteiger partial charge in [-0.15, -0.1) is 0 Å². The van der Waals surface area contributed by atoms with Crippen molar-refractivity contribution in [3.8, 4) is 17.2 Å². The van der Waals surface area contributed by atoms with Gasteiger partial charge in [0.15, 0.2) is 11.5 Å². The van der Waals surface area contributed by atoms with Crippen LogP contribution < -0.4 is 9.47 Å². The number of allylic oxidation sites excluding steroid dienone is 1. The van der Waals surface area contributed by atoms with E-state index in [0.717, 1.165) is 28.0 Å². The molecule has 0 spiro atoms. The van der Waals surface area contributed by atoms with E-state index in [1.54, 1.807) is 19.2 Å². The fraction of sp³-hybridized carbons (Fsp3) is 0.263. The zero-order valence-electron chi connectivity index (χ0n) is 13.7. The molecule has 0 atom stereocenters. The Balaban J connectivity index is 2.40. The van der Waals surface area contributed by atoms with Crippen LogP contribution in [-0.4, -0.2) is 19.3 Å². The number of hydrogen-bond acceptors (Lipinski definition) is 3. The molecule has 0 unspecified atom stereocenters. The summed E-state index contributed by atoms with van der Waals surface area (Å²) < 4.78 is 10.5. The molecule has 1 N–H and O–H groups in total. The highest BCUT2D eigenvalue weighted by molar-refractivity contribution is 5.81. The maximum atomic E-state index is 9.86. The highest BCUT2D eigenvalue weighted by Crippen LogP contribution is 2.30. The van der Waals surface area contributed by atoms with Crippen molar-refractivity contribution in [2.24, 2.45) is 0 Å². The van der Waals surface area contributed by atoms with E-state index in [2.05, 4.69) is 19.9 Å². The van der Waals surface area contributed by atoms with E-state index in [1.807, 2.05) is 25.1 Å². The molecular weight excluding hydrogens is 276 g/mol. The highest BCUT2D eigenvalue weighted by Gasteiger charge is 2.07. The molecule has 3 nitrogen and oxygen atoms in total. The third-order valence-electron chi connectivity index (χ3n) is 3.88. The molecule has 2 aromatic rings. The Bertz CT molecular complexity index is 715. The zero-order valence-corrected chi connectivity index (χ0v) is 13.7. The third kappa shape index (κ3) is 3.25. The van der Waals surface area contributed by atoms with Gasteiger partial charge in [-0.05, 0) is 66.8 Å². The van der Waals surface area contributed by atoms with Crippen molar-refractivity contribution in [1.82, 2.24) is 0 Å². The molecule has 0 aromatic heterocycles. The first kappa shape index (κ1) is 16.0. The van der Waals surface area contributed by atoms with Gasteiger partial charge in [-0.3, -0.25) is 0 Å². The number of aryl methyl sites for hydroxylation is 1. The van der Waals surface area contributed by atoms with E-state index in [1.165, 1.54) is 12.7 Å². The molecule has 0 heterocycles. The maximum Gasteiger partial charge on any atom is 0.160 e. The molecule has 2 aromatic carbocycles. The number of methoxy groups -OCH3 is 2. The quantitative estimate of drug-likeness (QED) is 0.839. The summed E-state index contributed by atoms with van der Waals surface area (Å²) in [6.45, 7) is 6.18. The van der Waals surface area contributed by atoms with Crippen LogP contribution in [0.5, 0.6) is 17.2 Å². The minimum atomic E-state index is 0.140. The number of ether oxygens (including phenoxy) is 2. The van der Waals surface area contributed by atoms with E-state index < -0.39 is 0 Å². The summed E-state index contributed by atoms with van der Waals surface area (Å²) in [5.41, 5.74) is 5.48. The smallest absolute Gasteiger partial charge is 0.160 e. The molecule has 0 aliphatic rings. The lowest BCUT2D eigenvalue weighted by molar-refractivity contribution is 0.373. The van der Waals surface area contributed by atoms with Crippen LogP contribution in [0.15, 0.2) is 30.3 Å². The SMILES string of the molecule is COc1ccc(/C=C(/C)c2cc(C)c(C)c(OC)c2)cc1O. The van der Waals surface area contributed by atoms with E-state index in [9.17, 15) is 5.11 Å². The number of aromatic hydroxyl groups is 1. The monoisotopic (exact) mass is 298 g/mol. The molecule has 2 rings (SSSR count). The maximum absolute atomic E-state index is 9.86. The molecule has 0 saturated carbocycles. The van der Waals surface area contributed by atoms with E-state index >= 15 is 0 Å². The summed E-state index contributed by atoms with van der Waals surface area (Å²) in [6.07, 6.45) is 2.03. The van der Waals surface area contributed by atoms with Crippen molar-refractivity contribution >= 4 is 11.6 Å². The second-order valence-electron chi connectivity index (χ2n) is 5.38. The summed E-state index contributed by atoms with van der Waals surface area (Å²) in [7, 11) is 3.23. The standard InChI is InChI=1S/C19H22O3/c1-12-9-16(11-19(22-5)14(12)3)13(2)8-15-6-7-18(21-4)17(20)10-15/h6-11,20H,1-5H3/b13-8-. The fourth-order valence-electron chi connectivity index (χ4n) is 2.40. The predicted molar refractivity (Wildman–Crippen MR) is 90.7 cm³/mol. The molecule has 0 aliphatic heterocycles. The molecule has 116 valence electrons. The van der Waals surface area contributed by atoms with Crippen LogP contribution in [0.1, 0.15) is 29.2 Å². The predicted octanol–water partition coefficient (Wildman–Crippen LogP) is 4.59. The molecule has 0 radical (unpaired) electrons. The molecule has 3 heteroatoms. The minimum absolute atomic E-state index is 0.140. The number of benzene rings is 2. The summed E-state index contributed by atoms with van der Waals surface area (Å²) >= 11 is 0. The van der Waals surface area contributed by atoms with E-state index in [-0.39, 0.29) is 5.75 Å². The highest BCUT2D eigenvalue weighted by atomic mass is 16.5. The minimum Gasteiger partial charge on any atom is -0.504 e. The summed E-state index contributed by atoms with van der Waals surface area (Å²) in [5.74, 6) is 1.50. The Labute approximate surface area is 131 Å². The molecule has 0 aliphatic carbocycles. The molecule has 0 saturated heterocycles. The second-order valence-corrected chi connectivity index (χ2v) is 5.38. The normalized spacial score (nSPS) is 11.4. The van der Waals surface area contributed by atoms with Crippen molar-refractivity contribution in [2.75, 3.05) is 14.2 Å². The lowest BCUT2D eigenvalue weighted by atomic mass is 9.99. The average molecular weight is 298 g/mol. The third-order valence-corrected chi connectivity index (χ3v) is 3.88. The van der Waals surface area contributed by atoms with Gasteiger partial charge >= 0.3 is 0 Å². The van der Waals surface area contributed by atoms with Crippen molar-refractivity contribution in [3.05, 3.63) is 52.6 Å². The van der Waals surface area contributed by atoms with Crippen molar-refractivity contribution in [2.45, 2.75) is 20.8 Å². The lowest BCUT2D eigenvalue weighted by Gasteiger charge is -2.12. The first-order chi connectivity index (χ1) is 10.5. The first-order valence-corrected chi connectivity index (χ1v) is 7.17. The molecule has 0 bridgehead atoms. The summed E-state index contributed by atoms with van der Waals surface area (Å²) in [5, 5.41) is 9.86. The number of phenols is 1. The van der Waals surface area contributed by atoms with Crippen molar-refractivity contribution in [3.63, 3.8) is 0 Å². The molecule has 0 amide bonds. The van der Waals surface area contributed by atoms with Gasteiger partial charge in [0.25, 0.3) is 0 Å². The van der Waals surface area contributed by atoms with Crippen LogP contribution in [0.4, 0.5) is 0 Å². The van der Waals surface area contributed by atoms with Gasteiger partial charge in [-0.25, -0.2) is 0 Å². The Morgan fingerprint density at radius 2 is 1.68 bits per heavy atom. The van der Waals surface area contributed by atoms with Gasteiger partial charge < -0.3 is 14.6 Å². The lowest BCUT2D eigenvalue weighted by Crippen LogP contribution is -1.93. The van der Waals surface area contributed by atoms with Crippen LogP contribution in [0, 0.1) is 13.8 Å². The van der Waals surface area contributed by atoms with Gasteiger partial charge in [0.2, 0.25) is 0 Å². The van der Waals surface area contributed by atoms with Gasteiger partial charge in [0.05, 0.1) is 14.2 Å². The zero-order chi connectivity index (χ0) is 16.3. The Morgan fingerprint density at radius 1 is 1.00 bits per heavy atom. The first-order valence-electron chi connectivity index (χ1n) is 7.17. The van der Waals surface area contributed by atoms with Crippen LogP contribution in [-0.2, 0) is 0 Å². The molecule has 22 heavy (non-hydrogen) atoms. The number of rotatable bonds is 4. The van der Waals surface area contributed by atoms with Gasteiger partial charge in [-0.1, -0.05) is 18.2 Å². The summed E-state index contributed by atoms with van der Waals surface area (Å²) in [4.78, 5) is 0. The fourth-order valence-corrected chi connectivity index (χ4v) is 2.40. The topological polar surface area (TPSA) is 38.7 Å². The Hall–Kier alpha value is -2.42. The van der Waals surface area contributed by atoms with E-state index in [4.69, 9.17) is 9.47 Å². The number of hydrogen-bond donors (Lipinski definition) is 1. The Morgan fingerprint density at radius 3 is 2.27 bits per heavy atom. The van der Waals surface area contributed by atoms with Gasteiger partial charge in [0, 0.05) is 0 Å². The van der Waals surface area contributed by atoms with Crippen LogP contribution in [0.25, 0.3) is 11.6 Å². The van der Waals surface area contributed by atoms with Crippen LogP contribution >= 0.6 is 0 Å². The van der Waals surface area contributed by atoms with E-state index in [0.29, 0.717) is 5.75 Å². The van der Waals surface area contributed by atoms with Crippen LogP contribution in [0.3, 0.4) is 0 Å². The Kier molecular flexibility index (Phi) is 4.76. The van der Waals surface area contributed by atoms with Crippen LogP contribution in [0.2, 0.25) is 0 Å². The number of phenolic OH excluding ortho intramolecular Hbond substituents is 1. The van der Waals surface area contributed by atoms with Crippen molar-refractivity contribution in [1.29, 1.82) is 0 Å². The van der Waals surface area contributed by atoms with Crippen molar-refractivity contribution < 1.29 is 14.6 Å².